The van der Waals surface area contributed by atoms with E-state index >= 15 is 0 Å². The first-order valence-electron chi connectivity index (χ1n) is 5.27. The molecule has 1 heterocycles. The molecule has 2 N–H and O–H groups in total. The molecule has 1 unspecified atom stereocenters. The minimum absolute atomic E-state index is 0.157. The van der Waals surface area contributed by atoms with Crippen molar-refractivity contribution in [2.45, 2.75) is 12.3 Å². The van der Waals surface area contributed by atoms with Crippen LogP contribution in [0.25, 0.3) is 0 Å². The highest BCUT2D eigenvalue weighted by Crippen LogP contribution is 2.30. The number of piperidine rings is 1. The van der Waals surface area contributed by atoms with Gasteiger partial charge in [0.15, 0.2) is 0 Å². The molecular formula is C12H15NO2. The van der Waals surface area contributed by atoms with E-state index in [1.54, 1.807) is 0 Å². The number of nitrogens with one attached hydrogen (secondary N) is 1. The SMILES string of the molecule is O=C(O)[C@@H]1CNCCC1c1ccccc1. The van der Waals surface area contributed by atoms with E-state index < -0.39 is 5.97 Å². The average molecular weight is 205 g/mol. The maximum Gasteiger partial charge on any atom is 0.308 e. The topological polar surface area (TPSA) is 49.3 Å². The third-order valence-electron chi connectivity index (χ3n) is 3.03. The van der Waals surface area contributed by atoms with Gasteiger partial charge in [-0.1, -0.05) is 30.3 Å². The lowest BCUT2D eigenvalue weighted by molar-refractivity contribution is -0.142. The number of carbonyl (C=O) groups is 1. The molecular weight excluding hydrogens is 190 g/mol. The van der Waals surface area contributed by atoms with Gasteiger partial charge in [-0.25, -0.2) is 0 Å². The quantitative estimate of drug-likeness (QED) is 0.768. The smallest absolute Gasteiger partial charge is 0.308 e. The summed E-state index contributed by atoms with van der Waals surface area (Å²) in [5, 5.41) is 12.3. The maximum atomic E-state index is 11.1. The molecule has 1 aliphatic rings. The lowest BCUT2D eigenvalue weighted by Gasteiger charge is -2.29. The van der Waals surface area contributed by atoms with E-state index in [1.165, 1.54) is 0 Å². The van der Waals surface area contributed by atoms with Gasteiger partial charge in [0.05, 0.1) is 5.92 Å². The van der Waals surface area contributed by atoms with Gasteiger partial charge in [-0.2, -0.15) is 0 Å². The zero-order chi connectivity index (χ0) is 10.7. The van der Waals surface area contributed by atoms with Crippen LogP contribution in [-0.4, -0.2) is 24.2 Å². The zero-order valence-electron chi connectivity index (χ0n) is 8.52. The van der Waals surface area contributed by atoms with Crippen LogP contribution in [0.5, 0.6) is 0 Å². The van der Waals surface area contributed by atoms with Gasteiger partial charge in [0.1, 0.15) is 0 Å². The van der Waals surface area contributed by atoms with Gasteiger partial charge in [-0.15, -0.1) is 0 Å². The first kappa shape index (κ1) is 10.2. The van der Waals surface area contributed by atoms with Crippen molar-refractivity contribution < 1.29 is 9.90 Å². The highest BCUT2D eigenvalue weighted by atomic mass is 16.4. The van der Waals surface area contributed by atoms with Crippen molar-refractivity contribution in [3.05, 3.63) is 35.9 Å². The molecule has 1 fully saturated rings. The summed E-state index contributed by atoms with van der Waals surface area (Å²) in [5.41, 5.74) is 1.14. The first-order chi connectivity index (χ1) is 7.29. The van der Waals surface area contributed by atoms with Gasteiger partial charge in [0.25, 0.3) is 0 Å². The summed E-state index contributed by atoms with van der Waals surface area (Å²) in [5.74, 6) is -0.831. The van der Waals surface area contributed by atoms with E-state index in [0.29, 0.717) is 6.54 Å². The molecule has 1 aromatic rings. The Morgan fingerprint density at radius 3 is 2.73 bits per heavy atom. The highest BCUT2D eigenvalue weighted by molar-refractivity contribution is 5.72. The Bertz CT molecular complexity index is 337. The summed E-state index contributed by atoms with van der Waals surface area (Å²) in [7, 11) is 0. The predicted molar refractivity (Wildman–Crippen MR) is 57.8 cm³/mol. The molecule has 1 saturated heterocycles. The molecule has 1 aromatic carbocycles. The Hall–Kier alpha value is -1.35. The molecule has 0 saturated carbocycles. The molecule has 2 atom stereocenters. The molecule has 80 valence electrons. The number of hydrogen-bond donors (Lipinski definition) is 2. The van der Waals surface area contributed by atoms with Crippen molar-refractivity contribution in [2.24, 2.45) is 5.92 Å². The van der Waals surface area contributed by atoms with Gasteiger partial charge in [0.2, 0.25) is 0 Å². The molecule has 1 aliphatic heterocycles. The van der Waals surface area contributed by atoms with Crippen molar-refractivity contribution in [2.75, 3.05) is 13.1 Å². The van der Waals surface area contributed by atoms with E-state index in [0.717, 1.165) is 18.5 Å². The van der Waals surface area contributed by atoms with E-state index in [9.17, 15) is 4.79 Å². The van der Waals surface area contributed by atoms with E-state index in [2.05, 4.69) is 5.32 Å². The van der Waals surface area contributed by atoms with Crippen LogP contribution in [0.4, 0.5) is 0 Å². The summed E-state index contributed by atoms with van der Waals surface area (Å²) < 4.78 is 0. The van der Waals surface area contributed by atoms with E-state index in [1.807, 2.05) is 30.3 Å². The molecule has 3 nitrogen and oxygen atoms in total. The first-order valence-corrected chi connectivity index (χ1v) is 5.27. The van der Waals surface area contributed by atoms with Gasteiger partial charge < -0.3 is 10.4 Å². The fraction of sp³-hybridized carbons (Fsp3) is 0.417. The van der Waals surface area contributed by atoms with Crippen LogP contribution >= 0.6 is 0 Å². The number of rotatable bonds is 2. The summed E-state index contributed by atoms with van der Waals surface area (Å²) in [4.78, 5) is 11.1. The summed E-state index contributed by atoms with van der Waals surface area (Å²) in [6.07, 6.45) is 0.904. The van der Waals surface area contributed by atoms with Crippen LogP contribution in [0, 0.1) is 5.92 Å². The maximum absolute atomic E-state index is 11.1. The normalized spacial score (nSPS) is 26.1. The number of benzene rings is 1. The zero-order valence-corrected chi connectivity index (χ0v) is 8.52. The summed E-state index contributed by atoms with van der Waals surface area (Å²) in [6, 6.07) is 9.94. The van der Waals surface area contributed by atoms with Gasteiger partial charge in [-0.05, 0) is 24.4 Å². The van der Waals surface area contributed by atoms with Crippen molar-refractivity contribution >= 4 is 5.97 Å². The number of carboxylic acid groups (broad SMARTS) is 1. The number of aliphatic carboxylic acids is 1. The fourth-order valence-electron chi connectivity index (χ4n) is 2.22. The van der Waals surface area contributed by atoms with Crippen molar-refractivity contribution in [3.63, 3.8) is 0 Å². The Kier molecular flexibility index (Phi) is 3.02. The Balaban J connectivity index is 2.22. The Labute approximate surface area is 89.1 Å². The third kappa shape index (κ3) is 2.18. The van der Waals surface area contributed by atoms with Crippen molar-refractivity contribution in [3.8, 4) is 0 Å². The molecule has 0 aliphatic carbocycles. The summed E-state index contributed by atoms with van der Waals surface area (Å²) in [6.45, 7) is 1.48. The highest BCUT2D eigenvalue weighted by Gasteiger charge is 2.31. The predicted octanol–water partition coefficient (Wildman–Crippen LogP) is 1.46. The molecule has 0 spiro atoms. The van der Waals surface area contributed by atoms with Gasteiger partial charge >= 0.3 is 5.97 Å². The van der Waals surface area contributed by atoms with E-state index in [-0.39, 0.29) is 11.8 Å². The molecule has 15 heavy (non-hydrogen) atoms. The fourth-order valence-corrected chi connectivity index (χ4v) is 2.22. The molecule has 0 amide bonds. The Morgan fingerprint density at radius 2 is 2.07 bits per heavy atom. The molecule has 2 rings (SSSR count). The minimum atomic E-state index is -0.698. The molecule has 0 aromatic heterocycles. The van der Waals surface area contributed by atoms with Crippen LogP contribution in [-0.2, 0) is 4.79 Å². The van der Waals surface area contributed by atoms with Crippen molar-refractivity contribution in [1.29, 1.82) is 0 Å². The van der Waals surface area contributed by atoms with Crippen LogP contribution in [0.3, 0.4) is 0 Å². The van der Waals surface area contributed by atoms with Crippen LogP contribution in [0.1, 0.15) is 17.9 Å². The second-order valence-electron chi connectivity index (χ2n) is 3.95. The lowest BCUT2D eigenvalue weighted by Crippen LogP contribution is -2.39. The molecule has 3 heteroatoms. The second-order valence-corrected chi connectivity index (χ2v) is 3.95. The molecule has 0 bridgehead atoms. The van der Waals surface area contributed by atoms with Gasteiger partial charge in [-0.3, -0.25) is 4.79 Å². The van der Waals surface area contributed by atoms with Crippen LogP contribution in [0.2, 0.25) is 0 Å². The van der Waals surface area contributed by atoms with Crippen LogP contribution in [0.15, 0.2) is 30.3 Å². The molecule has 0 radical (unpaired) electrons. The lowest BCUT2D eigenvalue weighted by atomic mass is 9.81. The largest absolute Gasteiger partial charge is 0.481 e. The average Bonchev–Trinajstić information content (AvgIpc) is 2.30. The van der Waals surface area contributed by atoms with Crippen molar-refractivity contribution in [1.82, 2.24) is 5.32 Å². The van der Waals surface area contributed by atoms with Crippen LogP contribution < -0.4 is 5.32 Å². The second kappa shape index (κ2) is 4.45. The minimum Gasteiger partial charge on any atom is -0.481 e. The van der Waals surface area contributed by atoms with Gasteiger partial charge in [0, 0.05) is 6.54 Å². The summed E-state index contributed by atoms with van der Waals surface area (Å²) >= 11 is 0. The standard InChI is InChI=1S/C12H15NO2/c14-12(15)11-8-13-7-6-10(11)9-4-2-1-3-5-9/h1-5,10-11,13H,6-8H2,(H,14,15)/t10?,11-/m1/s1. The third-order valence-corrected chi connectivity index (χ3v) is 3.03. The monoisotopic (exact) mass is 205 g/mol. The van der Waals surface area contributed by atoms with E-state index in [4.69, 9.17) is 5.11 Å². The number of hydrogen-bond acceptors (Lipinski definition) is 2. The number of carboxylic acids is 1. The Morgan fingerprint density at radius 1 is 1.33 bits per heavy atom.